The molecule has 0 bridgehead atoms. The van der Waals surface area contributed by atoms with Crippen LogP contribution in [0.25, 0.3) is 0 Å². The molecular formula is C25H37N3O2. The van der Waals surface area contributed by atoms with Gasteiger partial charge < -0.3 is 19.6 Å². The number of anilines is 1. The fraction of sp³-hybridized carbons (Fsp3) is 0.520. The molecule has 2 aromatic carbocycles. The van der Waals surface area contributed by atoms with Crippen LogP contribution in [-0.4, -0.2) is 61.8 Å². The molecule has 164 valence electrons. The van der Waals surface area contributed by atoms with Crippen LogP contribution in [0, 0.1) is 0 Å². The average Bonchev–Trinajstić information content (AvgIpc) is 2.90. The molecule has 2 aromatic rings. The number of aliphatic hydroxyl groups is 1. The SMILES string of the molecule is CCN(CC)c1ccc(CN2CCOc3ccc(C(C)(O)CN(C)C)cc3C2)cc1. The highest BCUT2D eigenvalue weighted by Gasteiger charge is 2.26. The fourth-order valence-electron chi connectivity index (χ4n) is 4.28. The largest absolute Gasteiger partial charge is 0.492 e. The summed E-state index contributed by atoms with van der Waals surface area (Å²) >= 11 is 0. The maximum absolute atomic E-state index is 10.9. The maximum atomic E-state index is 10.9. The standard InChI is InChI=1S/C25H37N3O2/c1-6-28(7-2)23-11-8-20(9-12-23)17-27-14-15-30-24-13-10-22(16-21(24)18-27)25(3,29)19-26(4)5/h8-13,16,29H,6-7,14-15,17-19H2,1-5H3. The molecule has 0 aromatic heterocycles. The molecule has 30 heavy (non-hydrogen) atoms. The molecule has 1 unspecified atom stereocenters. The Morgan fingerprint density at radius 1 is 1.07 bits per heavy atom. The Balaban J connectivity index is 1.74. The van der Waals surface area contributed by atoms with Gasteiger partial charge in [-0.3, -0.25) is 4.90 Å². The minimum atomic E-state index is -0.893. The second-order valence-corrected chi connectivity index (χ2v) is 8.73. The number of nitrogens with zero attached hydrogens (tertiary/aromatic N) is 3. The Morgan fingerprint density at radius 2 is 1.77 bits per heavy atom. The Bertz CT molecular complexity index is 814. The van der Waals surface area contributed by atoms with Crippen molar-refractivity contribution in [3.8, 4) is 5.75 Å². The van der Waals surface area contributed by atoms with Gasteiger partial charge in [0.2, 0.25) is 0 Å². The van der Waals surface area contributed by atoms with E-state index in [1.807, 2.05) is 38.1 Å². The molecule has 1 atom stereocenters. The van der Waals surface area contributed by atoms with Gasteiger partial charge in [-0.1, -0.05) is 18.2 Å². The van der Waals surface area contributed by atoms with Crippen LogP contribution in [0.1, 0.15) is 37.5 Å². The van der Waals surface area contributed by atoms with Gasteiger partial charge in [-0.05, 0) is 70.3 Å². The predicted molar refractivity (Wildman–Crippen MR) is 124 cm³/mol. The van der Waals surface area contributed by atoms with E-state index >= 15 is 0 Å². The molecule has 1 heterocycles. The molecule has 1 aliphatic rings. The first-order valence-electron chi connectivity index (χ1n) is 11.0. The summed E-state index contributed by atoms with van der Waals surface area (Å²) in [6, 6.07) is 15.0. The number of hydrogen-bond acceptors (Lipinski definition) is 5. The zero-order valence-corrected chi connectivity index (χ0v) is 19.2. The van der Waals surface area contributed by atoms with Gasteiger partial charge in [0, 0.05) is 50.5 Å². The number of likely N-dealkylation sites (N-methyl/N-ethyl adjacent to an activating group) is 1. The van der Waals surface area contributed by atoms with Crippen molar-refractivity contribution in [1.29, 1.82) is 0 Å². The number of fused-ring (bicyclic) bond motifs is 1. The highest BCUT2D eigenvalue weighted by molar-refractivity contribution is 5.47. The normalized spacial score (nSPS) is 16.5. The highest BCUT2D eigenvalue weighted by atomic mass is 16.5. The monoisotopic (exact) mass is 411 g/mol. The molecule has 0 radical (unpaired) electrons. The minimum Gasteiger partial charge on any atom is -0.492 e. The topological polar surface area (TPSA) is 39.2 Å². The Morgan fingerprint density at radius 3 is 2.40 bits per heavy atom. The smallest absolute Gasteiger partial charge is 0.123 e. The third-order valence-electron chi connectivity index (χ3n) is 5.84. The van der Waals surface area contributed by atoms with Crippen molar-refractivity contribution < 1.29 is 9.84 Å². The van der Waals surface area contributed by atoms with E-state index in [1.54, 1.807) is 0 Å². The van der Waals surface area contributed by atoms with Crippen LogP contribution in [0.2, 0.25) is 0 Å². The van der Waals surface area contributed by atoms with Crippen molar-refractivity contribution in [2.45, 2.75) is 39.5 Å². The molecular weight excluding hydrogens is 374 g/mol. The zero-order chi connectivity index (χ0) is 21.7. The number of hydrogen-bond donors (Lipinski definition) is 1. The average molecular weight is 412 g/mol. The minimum absolute atomic E-state index is 0.579. The van der Waals surface area contributed by atoms with E-state index in [-0.39, 0.29) is 0 Å². The van der Waals surface area contributed by atoms with Crippen molar-refractivity contribution in [3.63, 3.8) is 0 Å². The van der Waals surface area contributed by atoms with E-state index in [9.17, 15) is 5.11 Å². The van der Waals surface area contributed by atoms with Gasteiger partial charge in [-0.2, -0.15) is 0 Å². The second kappa shape index (κ2) is 9.82. The molecule has 5 heteroatoms. The fourth-order valence-corrected chi connectivity index (χ4v) is 4.28. The molecule has 3 rings (SSSR count). The first-order valence-corrected chi connectivity index (χ1v) is 11.0. The Labute approximate surface area is 181 Å². The van der Waals surface area contributed by atoms with Gasteiger partial charge in [0.15, 0.2) is 0 Å². The molecule has 0 spiro atoms. The summed E-state index contributed by atoms with van der Waals surface area (Å²) in [5.41, 5.74) is 3.77. The van der Waals surface area contributed by atoms with Gasteiger partial charge in [-0.25, -0.2) is 0 Å². The molecule has 0 saturated heterocycles. The molecule has 0 fully saturated rings. The zero-order valence-electron chi connectivity index (χ0n) is 19.2. The molecule has 0 saturated carbocycles. The summed E-state index contributed by atoms with van der Waals surface area (Å²) in [5, 5.41) is 10.9. The Hall–Kier alpha value is -2.08. The molecule has 1 N–H and O–H groups in total. The lowest BCUT2D eigenvalue weighted by Gasteiger charge is -2.28. The van der Waals surface area contributed by atoms with E-state index in [0.717, 1.165) is 49.6 Å². The summed E-state index contributed by atoms with van der Waals surface area (Å²) in [6.07, 6.45) is 0. The van der Waals surface area contributed by atoms with Crippen LogP contribution in [0.15, 0.2) is 42.5 Å². The predicted octanol–water partition coefficient (Wildman–Crippen LogP) is 3.70. The molecule has 1 aliphatic heterocycles. The maximum Gasteiger partial charge on any atom is 0.123 e. The van der Waals surface area contributed by atoms with Crippen LogP contribution in [-0.2, 0) is 18.7 Å². The van der Waals surface area contributed by atoms with Crippen LogP contribution >= 0.6 is 0 Å². The number of benzene rings is 2. The van der Waals surface area contributed by atoms with Crippen LogP contribution < -0.4 is 9.64 Å². The quantitative estimate of drug-likeness (QED) is 0.717. The summed E-state index contributed by atoms with van der Waals surface area (Å²) in [4.78, 5) is 6.79. The van der Waals surface area contributed by atoms with Crippen molar-refractivity contribution in [2.24, 2.45) is 0 Å². The van der Waals surface area contributed by atoms with Crippen molar-refractivity contribution in [1.82, 2.24) is 9.80 Å². The van der Waals surface area contributed by atoms with E-state index in [2.05, 4.69) is 54.0 Å². The van der Waals surface area contributed by atoms with Gasteiger partial charge in [0.1, 0.15) is 12.4 Å². The van der Waals surface area contributed by atoms with Crippen molar-refractivity contribution in [2.75, 3.05) is 51.8 Å². The molecule has 0 amide bonds. The Kier molecular flexibility index (Phi) is 7.40. The first-order chi connectivity index (χ1) is 14.3. The van der Waals surface area contributed by atoms with E-state index in [4.69, 9.17) is 4.74 Å². The van der Waals surface area contributed by atoms with E-state index in [1.165, 1.54) is 11.3 Å². The molecule has 5 nitrogen and oxygen atoms in total. The summed E-state index contributed by atoms with van der Waals surface area (Å²) in [7, 11) is 3.96. The summed E-state index contributed by atoms with van der Waals surface area (Å²) in [6.45, 7) is 12.2. The third kappa shape index (κ3) is 5.54. The number of ether oxygens (including phenoxy) is 1. The van der Waals surface area contributed by atoms with Crippen LogP contribution in [0.4, 0.5) is 5.69 Å². The van der Waals surface area contributed by atoms with Crippen molar-refractivity contribution in [3.05, 3.63) is 59.2 Å². The van der Waals surface area contributed by atoms with Crippen molar-refractivity contribution >= 4 is 5.69 Å². The third-order valence-corrected chi connectivity index (χ3v) is 5.84. The van der Waals surface area contributed by atoms with E-state index in [0.29, 0.717) is 13.2 Å². The lowest BCUT2D eigenvalue weighted by Crippen LogP contribution is -2.34. The lowest BCUT2D eigenvalue weighted by atomic mass is 9.93. The summed E-state index contributed by atoms with van der Waals surface area (Å²) in [5.74, 6) is 0.929. The van der Waals surface area contributed by atoms with E-state index < -0.39 is 5.60 Å². The molecule has 0 aliphatic carbocycles. The van der Waals surface area contributed by atoms with Crippen LogP contribution in [0.3, 0.4) is 0 Å². The van der Waals surface area contributed by atoms with Gasteiger partial charge in [0.25, 0.3) is 0 Å². The number of rotatable bonds is 8. The highest BCUT2D eigenvalue weighted by Crippen LogP contribution is 2.30. The first kappa shape index (κ1) is 22.6. The lowest BCUT2D eigenvalue weighted by molar-refractivity contribution is 0.0299. The second-order valence-electron chi connectivity index (χ2n) is 8.73. The van der Waals surface area contributed by atoms with Gasteiger partial charge in [0.05, 0.1) is 5.60 Å². The van der Waals surface area contributed by atoms with Gasteiger partial charge in [-0.15, -0.1) is 0 Å². The summed E-state index contributed by atoms with van der Waals surface area (Å²) < 4.78 is 6.00. The van der Waals surface area contributed by atoms with Gasteiger partial charge >= 0.3 is 0 Å². The van der Waals surface area contributed by atoms with Crippen LogP contribution in [0.5, 0.6) is 5.75 Å².